The van der Waals surface area contributed by atoms with Crippen molar-refractivity contribution in [1.29, 1.82) is 0 Å². The van der Waals surface area contributed by atoms with Crippen molar-refractivity contribution in [3.8, 4) is 17.0 Å². The van der Waals surface area contributed by atoms with E-state index in [1.165, 1.54) is 29.6 Å². The minimum atomic E-state index is -2.60. The van der Waals surface area contributed by atoms with Crippen LogP contribution in [0, 0.1) is 6.92 Å². The van der Waals surface area contributed by atoms with Gasteiger partial charge in [-0.25, -0.2) is 13.8 Å². The maximum absolute atomic E-state index is 13.0. The van der Waals surface area contributed by atoms with Crippen molar-refractivity contribution in [3.05, 3.63) is 53.7 Å². The van der Waals surface area contributed by atoms with Crippen LogP contribution in [0.2, 0.25) is 0 Å². The summed E-state index contributed by atoms with van der Waals surface area (Å²) in [5, 5.41) is 15.0. The van der Waals surface area contributed by atoms with Crippen LogP contribution in [0.4, 0.5) is 14.5 Å². The van der Waals surface area contributed by atoms with Gasteiger partial charge in [0.2, 0.25) is 0 Å². The first kappa shape index (κ1) is 19.9. The fourth-order valence-corrected chi connectivity index (χ4v) is 3.37. The SMILES string of the molecule is CCn1cc(N2C(=O)c3c(C)cc(-c4cncc(OCC(F)F)c4)nc3C2O)cn1. The molecule has 4 rings (SSSR count). The van der Waals surface area contributed by atoms with E-state index in [-0.39, 0.29) is 17.4 Å². The number of fused-ring (bicyclic) bond motifs is 1. The lowest BCUT2D eigenvalue weighted by Gasteiger charge is -2.18. The minimum absolute atomic E-state index is 0.179. The average molecular weight is 415 g/mol. The van der Waals surface area contributed by atoms with Gasteiger partial charge in [0.05, 0.1) is 29.3 Å². The summed E-state index contributed by atoms with van der Waals surface area (Å²) >= 11 is 0. The predicted molar refractivity (Wildman–Crippen MR) is 103 cm³/mol. The summed E-state index contributed by atoms with van der Waals surface area (Å²) in [4.78, 5) is 22.7. The van der Waals surface area contributed by atoms with E-state index in [1.54, 1.807) is 23.9 Å². The number of alkyl halides is 2. The fourth-order valence-electron chi connectivity index (χ4n) is 3.37. The van der Waals surface area contributed by atoms with Crippen LogP contribution in [0.3, 0.4) is 0 Å². The van der Waals surface area contributed by atoms with E-state index in [0.29, 0.717) is 34.6 Å². The number of carbonyl (C=O) groups is 1. The fraction of sp³-hybridized carbons (Fsp3) is 0.300. The monoisotopic (exact) mass is 415 g/mol. The summed E-state index contributed by atoms with van der Waals surface area (Å²) < 4.78 is 31.5. The first-order chi connectivity index (χ1) is 14.4. The standard InChI is InChI=1S/C20H19F2N5O3/c1-3-26-9-13(7-24-26)27-19(28)17-11(2)4-15(25-18(17)20(27)29)12-5-14(8-23-6-12)30-10-16(21)22/h4-9,16,20,29H,3,10H2,1-2H3. The van der Waals surface area contributed by atoms with Gasteiger partial charge < -0.3 is 9.84 Å². The second kappa shape index (κ2) is 7.79. The Morgan fingerprint density at radius 3 is 2.77 bits per heavy atom. The summed E-state index contributed by atoms with van der Waals surface area (Å²) in [7, 11) is 0. The second-order valence-corrected chi connectivity index (χ2v) is 6.80. The number of aliphatic hydroxyl groups is 1. The number of nitrogens with zero attached hydrogens (tertiary/aromatic N) is 5. The number of hydrogen-bond acceptors (Lipinski definition) is 6. The quantitative estimate of drug-likeness (QED) is 0.665. The molecule has 0 bridgehead atoms. The van der Waals surface area contributed by atoms with E-state index >= 15 is 0 Å². The molecule has 0 aliphatic carbocycles. The van der Waals surface area contributed by atoms with Gasteiger partial charge >= 0.3 is 0 Å². The Morgan fingerprint density at radius 1 is 1.27 bits per heavy atom. The van der Waals surface area contributed by atoms with Crippen LogP contribution in [0.25, 0.3) is 11.3 Å². The number of aromatic nitrogens is 4. The van der Waals surface area contributed by atoms with Crippen LogP contribution in [0.5, 0.6) is 5.75 Å². The van der Waals surface area contributed by atoms with E-state index in [4.69, 9.17) is 4.74 Å². The van der Waals surface area contributed by atoms with Gasteiger partial charge in [0, 0.05) is 24.5 Å². The molecule has 30 heavy (non-hydrogen) atoms. The molecule has 1 amide bonds. The van der Waals surface area contributed by atoms with Crippen LogP contribution in [0.15, 0.2) is 36.9 Å². The van der Waals surface area contributed by atoms with E-state index in [9.17, 15) is 18.7 Å². The molecule has 0 aromatic carbocycles. The third-order valence-corrected chi connectivity index (χ3v) is 4.77. The maximum atomic E-state index is 13.0. The van der Waals surface area contributed by atoms with E-state index in [0.717, 1.165) is 0 Å². The van der Waals surface area contributed by atoms with Gasteiger partial charge in [-0.05, 0) is 31.5 Å². The number of pyridine rings is 2. The van der Waals surface area contributed by atoms with Crippen molar-refractivity contribution >= 4 is 11.6 Å². The molecule has 0 saturated heterocycles. The van der Waals surface area contributed by atoms with Crippen molar-refractivity contribution in [3.63, 3.8) is 0 Å². The smallest absolute Gasteiger partial charge is 0.272 e. The van der Waals surface area contributed by atoms with Crippen molar-refractivity contribution in [2.24, 2.45) is 0 Å². The molecule has 1 aliphatic heterocycles. The second-order valence-electron chi connectivity index (χ2n) is 6.80. The van der Waals surface area contributed by atoms with Crippen LogP contribution >= 0.6 is 0 Å². The minimum Gasteiger partial charge on any atom is -0.486 e. The topological polar surface area (TPSA) is 93.4 Å². The van der Waals surface area contributed by atoms with E-state index < -0.39 is 19.3 Å². The van der Waals surface area contributed by atoms with Crippen LogP contribution in [-0.4, -0.2) is 43.8 Å². The van der Waals surface area contributed by atoms with E-state index in [2.05, 4.69) is 15.1 Å². The molecular weight excluding hydrogens is 396 g/mol. The molecule has 0 fully saturated rings. The molecule has 156 valence electrons. The van der Waals surface area contributed by atoms with Gasteiger partial charge in [0.25, 0.3) is 12.3 Å². The number of halogens is 2. The number of amides is 1. The largest absolute Gasteiger partial charge is 0.486 e. The summed E-state index contributed by atoms with van der Waals surface area (Å²) in [5.74, 6) is -0.185. The van der Waals surface area contributed by atoms with Crippen molar-refractivity contribution in [2.75, 3.05) is 11.5 Å². The molecule has 0 saturated carbocycles. The maximum Gasteiger partial charge on any atom is 0.272 e. The number of hydrogen-bond donors (Lipinski definition) is 1. The van der Waals surface area contributed by atoms with E-state index in [1.807, 2.05) is 6.92 Å². The van der Waals surface area contributed by atoms with Gasteiger partial charge in [-0.1, -0.05) is 0 Å². The summed E-state index contributed by atoms with van der Waals surface area (Å²) in [5.41, 5.74) is 2.61. The number of ether oxygens (including phenoxy) is 1. The Balaban J connectivity index is 1.69. The summed E-state index contributed by atoms with van der Waals surface area (Å²) in [6.45, 7) is 3.55. The molecule has 8 nitrogen and oxygen atoms in total. The average Bonchev–Trinajstić information content (AvgIpc) is 3.29. The molecule has 1 atom stereocenters. The number of aryl methyl sites for hydroxylation is 2. The van der Waals surface area contributed by atoms with Gasteiger partial charge in [0.1, 0.15) is 18.1 Å². The lowest BCUT2D eigenvalue weighted by molar-refractivity contribution is 0.0817. The summed E-state index contributed by atoms with van der Waals surface area (Å²) in [6.07, 6.45) is 2.16. The van der Waals surface area contributed by atoms with Gasteiger partial charge in [-0.3, -0.25) is 19.4 Å². The Bertz CT molecular complexity index is 1100. The molecule has 1 unspecified atom stereocenters. The first-order valence-electron chi connectivity index (χ1n) is 9.31. The number of anilines is 1. The number of rotatable bonds is 6. The first-order valence-corrected chi connectivity index (χ1v) is 9.31. The molecule has 10 heteroatoms. The zero-order valence-electron chi connectivity index (χ0n) is 16.3. The van der Waals surface area contributed by atoms with Crippen LogP contribution in [0.1, 0.15) is 34.8 Å². The van der Waals surface area contributed by atoms with Crippen LogP contribution in [-0.2, 0) is 6.54 Å². The summed E-state index contributed by atoms with van der Waals surface area (Å²) in [6, 6.07) is 3.23. The Kier molecular flexibility index (Phi) is 5.17. The highest BCUT2D eigenvalue weighted by Crippen LogP contribution is 2.38. The molecule has 1 N–H and O–H groups in total. The van der Waals surface area contributed by atoms with Crippen molar-refractivity contribution < 1.29 is 23.4 Å². The zero-order chi connectivity index (χ0) is 21.4. The molecular formula is C20H19F2N5O3. The molecule has 3 aromatic heterocycles. The Labute approximate surface area is 170 Å². The van der Waals surface area contributed by atoms with Gasteiger partial charge in [-0.15, -0.1) is 0 Å². The highest BCUT2D eigenvalue weighted by molar-refractivity contribution is 6.11. The van der Waals surface area contributed by atoms with Crippen molar-refractivity contribution in [1.82, 2.24) is 19.7 Å². The highest BCUT2D eigenvalue weighted by Gasteiger charge is 2.40. The Hall–Kier alpha value is -3.40. The van der Waals surface area contributed by atoms with Crippen LogP contribution < -0.4 is 9.64 Å². The lowest BCUT2D eigenvalue weighted by Crippen LogP contribution is -2.27. The zero-order valence-corrected chi connectivity index (χ0v) is 16.3. The van der Waals surface area contributed by atoms with Crippen molar-refractivity contribution in [2.45, 2.75) is 33.0 Å². The highest BCUT2D eigenvalue weighted by atomic mass is 19.3. The van der Waals surface area contributed by atoms with Gasteiger partial charge in [-0.2, -0.15) is 5.10 Å². The van der Waals surface area contributed by atoms with Gasteiger partial charge in [0.15, 0.2) is 6.23 Å². The third-order valence-electron chi connectivity index (χ3n) is 4.77. The predicted octanol–water partition coefficient (Wildman–Crippen LogP) is 2.96. The third kappa shape index (κ3) is 3.50. The lowest BCUT2D eigenvalue weighted by atomic mass is 10.0. The Morgan fingerprint density at radius 2 is 2.07 bits per heavy atom. The molecule has 0 radical (unpaired) electrons. The molecule has 3 aromatic rings. The number of carbonyl (C=O) groups excluding carboxylic acids is 1. The normalized spacial score (nSPS) is 15.7. The molecule has 1 aliphatic rings. The molecule has 0 spiro atoms. The molecule has 4 heterocycles. The number of aliphatic hydroxyl groups excluding tert-OH is 1.